The van der Waals surface area contributed by atoms with Crippen LogP contribution in [0.25, 0.3) is 10.9 Å². The first-order chi connectivity index (χ1) is 11.5. The molecule has 126 valence electrons. The number of aromatic carboxylic acids is 1. The van der Waals surface area contributed by atoms with Crippen LogP contribution in [0.1, 0.15) is 22.7 Å². The number of fused-ring (bicyclic) bond motifs is 3. The summed E-state index contributed by atoms with van der Waals surface area (Å²) in [5, 5.41) is 12.8. The number of thioether (sulfide) groups is 1. The fourth-order valence-electron chi connectivity index (χ4n) is 3.38. The van der Waals surface area contributed by atoms with Gasteiger partial charge in [0.1, 0.15) is 11.4 Å². The van der Waals surface area contributed by atoms with E-state index >= 15 is 0 Å². The lowest BCUT2D eigenvalue weighted by atomic mass is 10.1. The number of piperazine rings is 1. The van der Waals surface area contributed by atoms with E-state index < -0.39 is 17.2 Å². The maximum atomic E-state index is 14.7. The first-order valence-electron chi connectivity index (χ1n) is 7.76. The van der Waals surface area contributed by atoms with Crippen LogP contribution in [-0.2, 0) is 0 Å². The van der Waals surface area contributed by atoms with Gasteiger partial charge in [-0.25, -0.2) is 9.18 Å². The van der Waals surface area contributed by atoms with Crippen molar-refractivity contribution in [3.8, 4) is 0 Å². The zero-order valence-corrected chi connectivity index (χ0v) is 13.8. The highest BCUT2D eigenvalue weighted by molar-refractivity contribution is 8.00. The minimum absolute atomic E-state index is 0.0288. The van der Waals surface area contributed by atoms with Crippen molar-refractivity contribution in [3.63, 3.8) is 0 Å². The number of hydrogen-bond acceptors (Lipinski definition) is 5. The van der Waals surface area contributed by atoms with Gasteiger partial charge in [-0.1, -0.05) is 11.8 Å². The van der Waals surface area contributed by atoms with Crippen molar-refractivity contribution in [2.75, 3.05) is 31.1 Å². The Bertz CT molecular complexity index is 921. The van der Waals surface area contributed by atoms with E-state index in [-0.39, 0.29) is 16.3 Å². The molecular formula is C16H16FN3O3S. The summed E-state index contributed by atoms with van der Waals surface area (Å²) in [6, 6.07) is 3.14. The number of nitrogens with one attached hydrogen (secondary N) is 1. The number of halogens is 1. The number of carboxylic acids is 1. The summed E-state index contributed by atoms with van der Waals surface area (Å²) < 4.78 is 16.5. The second-order valence-electron chi connectivity index (χ2n) is 5.96. The normalized spacial score (nSPS) is 19.9. The molecule has 2 aliphatic heterocycles. The lowest BCUT2D eigenvalue weighted by Gasteiger charge is -2.34. The smallest absolute Gasteiger partial charge is 0.342 e. The quantitative estimate of drug-likeness (QED) is 0.862. The Labute approximate surface area is 141 Å². The van der Waals surface area contributed by atoms with Crippen LogP contribution in [0.15, 0.2) is 22.0 Å². The summed E-state index contributed by atoms with van der Waals surface area (Å²) in [5.74, 6) is -1.97. The molecule has 4 rings (SSSR count). The minimum Gasteiger partial charge on any atom is -0.477 e. The molecule has 8 heteroatoms. The van der Waals surface area contributed by atoms with E-state index in [1.807, 2.05) is 6.92 Å². The summed E-state index contributed by atoms with van der Waals surface area (Å²) in [6.07, 6.45) is 0. The standard InChI is InChI=1S/C16H16FN3O3S/c1-8-20-11-7-9(19-4-2-18-3-5-19)6-10(17)12(11)14(21)13(16(22)23)15(20)24-8/h6-8,18H,2-5H2,1H3,(H,22,23). The Balaban J connectivity index is 2.00. The number of aromatic nitrogens is 1. The van der Waals surface area contributed by atoms with Gasteiger partial charge in [0.2, 0.25) is 5.43 Å². The number of carboxylic acid groups (broad SMARTS) is 1. The zero-order valence-electron chi connectivity index (χ0n) is 13.0. The van der Waals surface area contributed by atoms with Crippen molar-refractivity contribution in [2.45, 2.75) is 17.3 Å². The highest BCUT2D eigenvalue weighted by Gasteiger charge is 2.33. The Kier molecular flexibility index (Phi) is 3.54. The molecule has 24 heavy (non-hydrogen) atoms. The fraction of sp³-hybridized carbons (Fsp3) is 0.375. The first-order valence-corrected chi connectivity index (χ1v) is 8.64. The molecule has 0 bridgehead atoms. The van der Waals surface area contributed by atoms with Gasteiger partial charge in [-0.3, -0.25) is 4.79 Å². The van der Waals surface area contributed by atoms with Crippen molar-refractivity contribution in [2.24, 2.45) is 0 Å². The average molecular weight is 349 g/mol. The van der Waals surface area contributed by atoms with Gasteiger partial charge >= 0.3 is 5.97 Å². The van der Waals surface area contributed by atoms with Gasteiger partial charge in [0.25, 0.3) is 0 Å². The molecule has 0 radical (unpaired) electrons. The van der Waals surface area contributed by atoms with E-state index in [2.05, 4.69) is 10.2 Å². The molecule has 1 unspecified atom stereocenters. The van der Waals surface area contributed by atoms with E-state index in [4.69, 9.17) is 0 Å². The maximum Gasteiger partial charge on any atom is 0.342 e. The Morgan fingerprint density at radius 3 is 2.71 bits per heavy atom. The summed E-state index contributed by atoms with van der Waals surface area (Å²) in [5.41, 5.74) is 0.120. The molecule has 2 aliphatic rings. The largest absolute Gasteiger partial charge is 0.477 e. The Morgan fingerprint density at radius 2 is 2.08 bits per heavy atom. The van der Waals surface area contributed by atoms with Crippen molar-refractivity contribution in [1.29, 1.82) is 0 Å². The predicted molar refractivity (Wildman–Crippen MR) is 90.8 cm³/mol. The van der Waals surface area contributed by atoms with Crippen LogP contribution < -0.4 is 15.6 Å². The van der Waals surface area contributed by atoms with Crippen molar-refractivity contribution in [3.05, 3.63) is 33.7 Å². The van der Waals surface area contributed by atoms with Crippen LogP contribution >= 0.6 is 11.8 Å². The topological polar surface area (TPSA) is 74.6 Å². The molecule has 0 amide bonds. The van der Waals surface area contributed by atoms with Crippen LogP contribution in [0.3, 0.4) is 0 Å². The lowest BCUT2D eigenvalue weighted by Crippen LogP contribution is -2.43. The fourth-order valence-corrected chi connectivity index (χ4v) is 4.54. The zero-order chi connectivity index (χ0) is 17.0. The number of carbonyl (C=O) groups is 1. The molecule has 1 saturated heterocycles. The minimum atomic E-state index is -1.31. The highest BCUT2D eigenvalue weighted by atomic mass is 32.2. The molecule has 0 aliphatic carbocycles. The molecule has 0 saturated carbocycles. The van der Waals surface area contributed by atoms with Crippen LogP contribution in [0.4, 0.5) is 10.1 Å². The Hall–Kier alpha value is -2.06. The van der Waals surface area contributed by atoms with Crippen molar-refractivity contribution in [1.82, 2.24) is 9.88 Å². The van der Waals surface area contributed by atoms with Crippen LogP contribution in [0.5, 0.6) is 0 Å². The summed E-state index contributed by atoms with van der Waals surface area (Å²) in [4.78, 5) is 26.0. The van der Waals surface area contributed by atoms with Crippen molar-refractivity contribution >= 4 is 34.3 Å². The molecule has 3 heterocycles. The third-order valence-electron chi connectivity index (χ3n) is 4.54. The molecule has 6 nitrogen and oxygen atoms in total. The second-order valence-corrected chi connectivity index (χ2v) is 7.26. The summed E-state index contributed by atoms with van der Waals surface area (Å²) >= 11 is 1.32. The number of anilines is 1. The lowest BCUT2D eigenvalue weighted by molar-refractivity contribution is 0.0689. The molecule has 2 aromatic rings. The molecule has 1 fully saturated rings. The molecule has 1 aromatic carbocycles. The van der Waals surface area contributed by atoms with E-state index in [0.717, 1.165) is 31.9 Å². The number of rotatable bonds is 2. The number of pyridine rings is 1. The van der Waals surface area contributed by atoms with Gasteiger partial charge in [0.15, 0.2) is 0 Å². The van der Waals surface area contributed by atoms with E-state index in [0.29, 0.717) is 10.5 Å². The molecular weight excluding hydrogens is 333 g/mol. The third-order valence-corrected chi connectivity index (χ3v) is 5.72. The molecule has 1 aromatic heterocycles. The van der Waals surface area contributed by atoms with Gasteiger partial charge < -0.3 is 19.9 Å². The summed E-state index contributed by atoms with van der Waals surface area (Å²) in [6.45, 7) is 5.07. The number of hydrogen-bond donors (Lipinski definition) is 2. The van der Waals surface area contributed by atoms with Gasteiger partial charge in [0.05, 0.1) is 21.3 Å². The van der Waals surface area contributed by atoms with Gasteiger partial charge in [0, 0.05) is 31.9 Å². The monoisotopic (exact) mass is 349 g/mol. The van der Waals surface area contributed by atoms with Gasteiger partial charge in [-0.15, -0.1) is 0 Å². The van der Waals surface area contributed by atoms with Gasteiger partial charge in [-0.05, 0) is 19.1 Å². The number of benzene rings is 1. The number of nitrogens with zero attached hydrogens (tertiary/aromatic N) is 2. The van der Waals surface area contributed by atoms with Crippen LogP contribution in [0.2, 0.25) is 0 Å². The SMILES string of the molecule is CC1Sc2c(C(=O)O)c(=O)c3c(F)cc(N4CCNCC4)cc3n21. The van der Waals surface area contributed by atoms with E-state index in [1.54, 1.807) is 10.6 Å². The van der Waals surface area contributed by atoms with Crippen LogP contribution in [0, 0.1) is 5.82 Å². The van der Waals surface area contributed by atoms with Crippen LogP contribution in [-0.4, -0.2) is 41.8 Å². The van der Waals surface area contributed by atoms with E-state index in [9.17, 15) is 19.1 Å². The molecule has 2 N–H and O–H groups in total. The Morgan fingerprint density at radius 1 is 1.38 bits per heavy atom. The summed E-state index contributed by atoms with van der Waals surface area (Å²) in [7, 11) is 0. The third kappa shape index (κ3) is 2.13. The first kappa shape index (κ1) is 15.5. The molecule has 1 atom stereocenters. The van der Waals surface area contributed by atoms with E-state index in [1.165, 1.54) is 17.8 Å². The van der Waals surface area contributed by atoms with Crippen molar-refractivity contribution < 1.29 is 14.3 Å². The van der Waals surface area contributed by atoms with Gasteiger partial charge in [-0.2, -0.15) is 0 Å². The highest BCUT2D eigenvalue weighted by Crippen LogP contribution is 2.46. The maximum absolute atomic E-state index is 14.7. The second kappa shape index (κ2) is 5.49. The predicted octanol–water partition coefficient (Wildman–Crippen LogP) is 1.87. The molecule has 0 spiro atoms. The average Bonchev–Trinajstić information content (AvgIpc) is 2.53.